The highest BCUT2D eigenvalue weighted by Gasteiger charge is 2.06. The summed E-state index contributed by atoms with van der Waals surface area (Å²) >= 11 is 1.72. The first kappa shape index (κ1) is 12.1. The standard InChI is InChI=1S/C12H16N4S/c1-2-3-9-17-12-13-14-15-16(12)10-11-7-5-4-6-8-11/h4-8H,2-3,9-10H2,1H3. The molecule has 2 rings (SSSR count). The third-order valence-electron chi connectivity index (χ3n) is 2.40. The van der Waals surface area contributed by atoms with Gasteiger partial charge in [-0.3, -0.25) is 0 Å². The van der Waals surface area contributed by atoms with Gasteiger partial charge in [0.1, 0.15) is 0 Å². The molecule has 0 spiro atoms. The van der Waals surface area contributed by atoms with E-state index in [4.69, 9.17) is 0 Å². The van der Waals surface area contributed by atoms with Crippen LogP contribution in [-0.4, -0.2) is 26.0 Å². The fourth-order valence-electron chi connectivity index (χ4n) is 1.46. The second kappa shape index (κ2) is 6.39. The van der Waals surface area contributed by atoms with Crippen molar-refractivity contribution in [2.75, 3.05) is 5.75 Å². The van der Waals surface area contributed by atoms with Gasteiger partial charge in [0.15, 0.2) is 0 Å². The number of rotatable bonds is 6. The van der Waals surface area contributed by atoms with Crippen molar-refractivity contribution < 1.29 is 0 Å². The molecular weight excluding hydrogens is 232 g/mol. The molecule has 0 atom stereocenters. The predicted molar refractivity (Wildman–Crippen MR) is 69.0 cm³/mol. The largest absolute Gasteiger partial charge is 0.216 e. The molecule has 0 radical (unpaired) electrons. The highest BCUT2D eigenvalue weighted by molar-refractivity contribution is 7.99. The lowest BCUT2D eigenvalue weighted by atomic mass is 10.2. The van der Waals surface area contributed by atoms with Crippen LogP contribution in [0.25, 0.3) is 0 Å². The van der Waals surface area contributed by atoms with Crippen LogP contribution in [0.1, 0.15) is 25.3 Å². The molecule has 0 saturated carbocycles. The van der Waals surface area contributed by atoms with Gasteiger partial charge in [0, 0.05) is 5.75 Å². The average Bonchev–Trinajstić information content (AvgIpc) is 2.79. The van der Waals surface area contributed by atoms with Crippen molar-refractivity contribution in [3.63, 3.8) is 0 Å². The van der Waals surface area contributed by atoms with E-state index in [-0.39, 0.29) is 0 Å². The Bertz CT molecular complexity index is 441. The number of unbranched alkanes of at least 4 members (excludes halogenated alkanes) is 1. The van der Waals surface area contributed by atoms with Crippen molar-refractivity contribution in [3.8, 4) is 0 Å². The third kappa shape index (κ3) is 3.56. The molecule has 0 aliphatic rings. The molecule has 90 valence electrons. The van der Waals surface area contributed by atoms with Gasteiger partial charge in [-0.2, -0.15) is 0 Å². The van der Waals surface area contributed by atoms with Crippen molar-refractivity contribution in [2.24, 2.45) is 0 Å². The normalized spacial score (nSPS) is 10.6. The minimum atomic E-state index is 0.738. The molecule has 2 aromatic rings. The van der Waals surface area contributed by atoms with Crippen molar-refractivity contribution in [3.05, 3.63) is 35.9 Å². The zero-order valence-electron chi connectivity index (χ0n) is 9.91. The van der Waals surface area contributed by atoms with Crippen LogP contribution in [0.5, 0.6) is 0 Å². The summed E-state index contributed by atoms with van der Waals surface area (Å²) in [6.07, 6.45) is 2.40. The molecule has 4 nitrogen and oxygen atoms in total. The van der Waals surface area contributed by atoms with Crippen molar-refractivity contribution in [2.45, 2.75) is 31.5 Å². The lowest BCUT2D eigenvalue weighted by molar-refractivity contribution is 0.602. The Morgan fingerprint density at radius 1 is 1.24 bits per heavy atom. The van der Waals surface area contributed by atoms with E-state index in [2.05, 4.69) is 34.6 Å². The Morgan fingerprint density at radius 3 is 2.82 bits per heavy atom. The summed E-state index contributed by atoms with van der Waals surface area (Å²) in [6, 6.07) is 10.2. The summed E-state index contributed by atoms with van der Waals surface area (Å²) < 4.78 is 1.86. The molecule has 5 heteroatoms. The number of thioether (sulfide) groups is 1. The summed E-state index contributed by atoms with van der Waals surface area (Å²) in [5, 5.41) is 12.7. The first-order valence-corrected chi connectivity index (χ1v) is 6.81. The molecule has 0 N–H and O–H groups in total. The molecule has 1 aromatic carbocycles. The van der Waals surface area contributed by atoms with Crippen LogP contribution < -0.4 is 0 Å². The molecule has 17 heavy (non-hydrogen) atoms. The quantitative estimate of drug-likeness (QED) is 0.582. The highest BCUT2D eigenvalue weighted by Crippen LogP contribution is 2.16. The van der Waals surface area contributed by atoms with E-state index in [0.29, 0.717) is 0 Å². The molecular formula is C12H16N4S. The van der Waals surface area contributed by atoms with Gasteiger partial charge in [-0.1, -0.05) is 55.4 Å². The van der Waals surface area contributed by atoms with Gasteiger partial charge in [0.25, 0.3) is 0 Å². The van der Waals surface area contributed by atoms with Crippen LogP contribution in [0.3, 0.4) is 0 Å². The number of hydrogen-bond donors (Lipinski definition) is 0. The van der Waals surface area contributed by atoms with Gasteiger partial charge in [-0.05, 0) is 22.4 Å². The highest BCUT2D eigenvalue weighted by atomic mass is 32.2. The summed E-state index contributed by atoms with van der Waals surface area (Å²) in [5.74, 6) is 1.08. The molecule has 1 aromatic heterocycles. The van der Waals surface area contributed by atoms with Gasteiger partial charge in [0.05, 0.1) is 6.54 Å². The maximum atomic E-state index is 4.05. The molecule has 0 amide bonds. The third-order valence-corrected chi connectivity index (χ3v) is 3.45. The fraction of sp³-hybridized carbons (Fsp3) is 0.417. The van der Waals surface area contributed by atoms with Crippen LogP contribution in [0.2, 0.25) is 0 Å². The summed E-state index contributed by atoms with van der Waals surface area (Å²) in [5.41, 5.74) is 1.22. The number of aromatic nitrogens is 4. The van der Waals surface area contributed by atoms with Gasteiger partial charge in [-0.15, -0.1) is 5.10 Å². The SMILES string of the molecule is CCCCSc1nnnn1Cc1ccccc1. The van der Waals surface area contributed by atoms with E-state index in [0.717, 1.165) is 17.5 Å². The maximum absolute atomic E-state index is 4.05. The molecule has 0 saturated heterocycles. The van der Waals surface area contributed by atoms with Gasteiger partial charge < -0.3 is 0 Å². The van der Waals surface area contributed by atoms with Crippen LogP contribution >= 0.6 is 11.8 Å². The Hall–Kier alpha value is -1.36. The fourth-order valence-corrected chi connectivity index (χ4v) is 2.42. The van der Waals surface area contributed by atoms with Gasteiger partial charge in [-0.25, -0.2) is 4.68 Å². The monoisotopic (exact) mass is 248 g/mol. The molecule has 0 aliphatic carbocycles. The van der Waals surface area contributed by atoms with Crippen LogP contribution in [-0.2, 0) is 6.54 Å². The van der Waals surface area contributed by atoms with E-state index >= 15 is 0 Å². The number of benzene rings is 1. The topological polar surface area (TPSA) is 43.6 Å². The molecule has 0 aliphatic heterocycles. The summed E-state index contributed by atoms with van der Waals surface area (Å²) in [4.78, 5) is 0. The Kier molecular flexibility index (Phi) is 4.55. The molecule has 0 bridgehead atoms. The van der Waals surface area contributed by atoms with Crippen molar-refractivity contribution >= 4 is 11.8 Å². The van der Waals surface area contributed by atoms with Crippen molar-refractivity contribution in [1.29, 1.82) is 0 Å². The number of tetrazole rings is 1. The minimum Gasteiger partial charge on any atom is -0.216 e. The number of nitrogens with zero attached hydrogens (tertiary/aromatic N) is 4. The van der Waals surface area contributed by atoms with Crippen LogP contribution in [0.4, 0.5) is 0 Å². The Labute approximate surface area is 105 Å². The van der Waals surface area contributed by atoms with E-state index < -0.39 is 0 Å². The average molecular weight is 248 g/mol. The Balaban J connectivity index is 1.99. The van der Waals surface area contributed by atoms with E-state index in [1.54, 1.807) is 11.8 Å². The van der Waals surface area contributed by atoms with Gasteiger partial charge >= 0.3 is 0 Å². The van der Waals surface area contributed by atoms with E-state index in [1.165, 1.54) is 18.4 Å². The van der Waals surface area contributed by atoms with Crippen molar-refractivity contribution in [1.82, 2.24) is 20.2 Å². The van der Waals surface area contributed by atoms with Gasteiger partial charge in [0.2, 0.25) is 5.16 Å². The molecule has 0 unspecified atom stereocenters. The Morgan fingerprint density at radius 2 is 2.06 bits per heavy atom. The second-order valence-electron chi connectivity index (χ2n) is 3.81. The summed E-state index contributed by atoms with van der Waals surface area (Å²) in [6.45, 7) is 2.93. The first-order chi connectivity index (χ1) is 8.40. The van der Waals surface area contributed by atoms with E-state index in [1.807, 2.05) is 22.9 Å². The smallest absolute Gasteiger partial charge is 0.209 e. The van der Waals surface area contributed by atoms with Crippen LogP contribution in [0, 0.1) is 0 Å². The zero-order chi connectivity index (χ0) is 11.9. The lowest BCUT2D eigenvalue weighted by Crippen LogP contribution is -2.03. The van der Waals surface area contributed by atoms with Crippen LogP contribution in [0.15, 0.2) is 35.5 Å². The lowest BCUT2D eigenvalue weighted by Gasteiger charge is -2.03. The van der Waals surface area contributed by atoms with E-state index in [9.17, 15) is 0 Å². The minimum absolute atomic E-state index is 0.738. The maximum Gasteiger partial charge on any atom is 0.209 e. The zero-order valence-corrected chi connectivity index (χ0v) is 10.7. The number of hydrogen-bond acceptors (Lipinski definition) is 4. The first-order valence-electron chi connectivity index (χ1n) is 5.83. The molecule has 1 heterocycles. The predicted octanol–water partition coefficient (Wildman–Crippen LogP) is 2.61. The second-order valence-corrected chi connectivity index (χ2v) is 4.87. The summed E-state index contributed by atoms with van der Waals surface area (Å²) in [7, 11) is 0. The molecule has 0 fully saturated rings.